The van der Waals surface area contributed by atoms with Crippen LogP contribution in [-0.4, -0.2) is 39.9 Å². The molecule has 0 aliphatic carbocycles. The Bertz CT molecular complexity index is 772. The van der Waals surface area contributed by atoms with Gasteiger partial charge in [0.1, 0.15) is 0 Å². The summed E-state index contributed by atoms with van der Waals surface area (Å²) in [7, 11) is 4.10. The minimum atomic E-state index is 0.293. The summed E-state index contributed by atoms with van der Waals surface area (Å²) in [5.74, 6) is 2.41. The Morgan fingerprint density at radius 1 is 1.00 bits per heavy atom. The van der Waals surface area contributed by atoms with Gasteiger partial charge in [-0.05, 0) is 48.7 Å². The number of aliphatic imine (C=N–C) groups is 1. The van der Waals surface area contributed by atoms with Crippen molar-refractivity contribution in [3.05, 3.63) is 53.6 Å². The lowest BCUT2D eigenvalue weighted by Crippen LogP contribution is -2.38. The van der Waals surface area contributed by atoms with E-state index in [1.165, 1.54) is 11.3 Å². The normalized spacial score (nSPS) is 12.8. The predicted molar refractivity (Wildman–Crippen MR) is 110 cm³/mol. The lowest BCUT2D eigenvalue weighted by atomic mass is 10.1. The molecule has 0 fully saturated rings. The number of ether oxygens (including phenoxy) is 2. The van der Waals surface area contributed by atoms with Crippen LogP contribution in [0.3, 0.4) is 0 Å². The standard InChI is InChI=1S/C21H28N4O2/c1-4-22-21(23-12-11-16-5-8-18(9-6-16)25(2)3)24-14-17-7-10-19-20(13-17)27-15-26-19/h5-10,13H,4,11-12,14-15H2,1-3H3,(H2,22,23,24). The second kappa shape index (κ2) is 9.16. The summed E-state index contributed by atoms with van der Waals surface area (Å²) in [6.45, 7) is 4.60. The van der Waals surface area contributed by atoms with Gasteiger partial charge in [-0.25, -0.2) is 4.99 Å². The molecule has 0 unspecified atom stereocenters. The van der Waals surface area contributed by atoms with Crippen LogP contribution in [0.25, 0.3) is 0 Å². The SMILES string of the molecule is CCNC(=NCc1ccc2c(c1)OCO2)NCCc1ccc(N(C)C)cc1. The molecule has 2 aromatic rings. The van der Waals surface area contributed by atoms with E-state index in [9.17, 15) is 0 Å². The lowest BCUT2D eigenvalue weighted by molar-refractivity contribution is 0.174. The van der Waals surface area contributed by atoms with Crippen LogP contribution in [0.2, 0.25) is 0 Å². The number of nitrogens with zero attached hydrogens (tertiary/aromatic N) is 2. The van der Waals surface area contributed by atoms with Crippen LogP contribution in [0.4, 0.5) is 5.69 Å². The first-order valence-electron chi connectivity index (χ1n) is 9.32. The van der Waals surface area contributed by atoms with Gasteiger partial charge in [0, 0.05) is 32.9 Å². The first-order chi connectivity index (χ1) is 13.2. The summed E-state index contributed by atoms with van der Waals surface area (Å²) in [5.41, 5.74) is 3.61. The number of guanidine groups is 1. The van der Waals surface area contributed by atoms with Gasteiger partial charge in [0.2, 0.25) is 6.79 Å². The number of benzene rings is 2. The third-order valence-corrected chi connectivity index (χ3v) is 4.36. The molecule has 1 heterocycles. The average molecular weight is 368 g/mol. The molecule has 0 amide bonds. The van der Waals surface area contributed by atoms with Gasteiger partial charge in [-0.15, -0.1) is 0 Å². The van der Waals surface area contributed by atoms with Crippen LogP contribution in [0.15, 0.2) is 47.5 Å². The highest BCUT2D eigenvalue weighted by molar-refractivity contribution is 5.79. The number of anilines is 1. The van der Waals surface area contributed by atoms with Gasteiger partial charge in [0.05, 0.1) is 6.54 Å². The van der Waals surface area contributed by atoms with E-state index >= 15 is 0 Å². The van der Waals surface area contributed by atoms with Crippen LogP contribution < -0.4 is 25.0 Å². The van der Waals surface area contributed by atoms with Crippen molar-refractivity contribution in [2.24, 2.45) is 4.99 Å². The zero-order valence-corrected chi connectivity index (χ0v) is 16.3. The zero-order chi connectivity index (χ0) is 19.1. The van der Waals surface area contributed by atoms with E-state index in [0.717, 1.165) is 42.5 Å². The maximum absolute atomic E-state index is 5.43. The van der Waals surface area contributed by atoms with Crippen LogP contribution in [0.5, 0.6) is 11.5 Å². The molecule has 6 heteroatoms. The Hall–Kier alpha value is -2.89. The largest absolute Gasteiger partial charge is 0.454 e. The Morgan fingerprint density at radius 3 is 2.48 bits per heavy atom. The van der Waals surface area contributed by atoms with Crippen molar-refractivity contribution < 1.29 is 9.47 Å². The monoisotopic (exact) mass is 368 g/mol. The molecule has 0 atom stereocenters. The van der Waals surface area contributed by atoms with E-state index in [-0.39, 0.29) is 0 Å². The Labute approximate surface area is 161 Å². The fourth-order valence-corrected chi connectivity index (χ4v) is 2.84. The molecule has 144 valence electrons. The topological polar surface area (TPSA) is 58.1 Å². The fraction of sp³-hybridized carbons (Fsp3) is 0.381. The summed E-state index contributed by atoms with van der Waals surface area (Å²) >= 11 is 0. The molecule has 1 aliphatic heterocycles. The zero-order valence-electron chi connectivity index (χ0n) is 16.3. The second-order valence-electron chi connectivity index (χ2n) is 6.62. The summed E-state index contributed by atoms with van der Waals surface area (Å²) in [5, 5.41) is 6.69. The first-order valence-corrected chi connectivity index (χ1v) is 9.32. The van der Waals surface area contributed by atoms with Crippen molar-refractivity contribution >= 4 is 11.6 Å². The lowest BCUT2D eigenvalue weighted by Gasteiger charge is -2.14. The predicted octanol–water partition coefficient (Wildman–Crippen LogP) is 2.78. The molecule has 27 heavy (non-hydrogen) atoms. The van der Waals surface area contributed by atoms with Gasteiger partial charge in [-0.2, -0.15) is 0 Å². The van der Waals surface area contributed by atoms with Crippen LogP contribution in [-0.2, 0) is 13.0 Å². The molecular formula is C21H28N4O2. The molecule has 3 rings (SSSR count). The number of hydrogen-bond donors (Lipinski definition) is 2. The van der Waals surface area contributed by atoms with Crippen molar-refractivity contribution in [3.63, 3.8) is 0 Å². The van der Waals surface area contributed by atoms with Gasteiger partial charge in [-0.3, -0.25) is 0 Å². The van der Waals surface area contributed by atoms with Crippen molar-refractivity contribution in [2.75, 3.05) is 38.9 Å². The van der Waals surface area contributed by atoms with Crippen LogP contribution >= 0.6 is 0 Å². The van der Waals surface area contributed by atoms with Crippen molar-refractivity contribution in [1.82, 2.24) is 10.6 Å². The molecule has 0 saturated heterocycles. The molecule has 0 spiro atoms. The molecule has 2 N–H and O–H groups in total. The van der Waals surface area contributed by atoms with Crippen LogP contribution in [0, 0.1) is 0 Å². The highest BCUT2D eigenvalue weighted by Crippen LogP contribution is 2.32. The van der Waals surface area contributed by atoms with E-state index in [2.05, 4.69) is 65.8 Å². The Morgan fingerprint density at radius 2 is 1.74 bits per heavy atom. The maximum atomic E-state index is 5.43. The van der Waals surface area contributed by atoms with E-state index in [1.54, 1.807) is 0 Å². The van der Waals surface area contributed by atoms with Crippen LogP contribution in [0.1, 0.15) is 18.1 Å². The second-order valence-corrected chi connectivity index (χ2v) is 6.62. The molecule has 0 aromatic heterocycles. The number of nitrogens with one attached hydrogen (secondary N) is 2. The Kier molecular flexibility index (Phi) is 6.41. The van der Waals surface area contributed by atoms with Crippen molar-refractivity contribution in [1.29, 1.82) is 0 Å². The van der Waals surface area contributed by atoms with Gasteiger partial charge in [-0.1, -0.05) is 18.2 Å². The Balaban J connectivity index is 1.53. The van der Waals surface area contributed by atoms with E-state index in [1.807, 2.05) is 18.2 Å². The van der Waals surface area contributed by atoms with E-state index in [4.69, 9.17) is 9.47 Å². The fourth-order valence-electron chi connectivity index (χ4n) is 2.84. The summed E-state index contributed by atoms with van der Waals surface area (Å²) in [4.78, 5) is 6.77. The smallest absolute Gasteiger partial charge is 0.231 e. The quantitative estimate of drug-likeness (QED) is 0.581. The van der Waals surface area contributed by atoms with Gasteiger partial charge in [0.15, 0.2) is 17.5 Å². The number of fused-ring (bicyclic) bond motifs is 1. The van der Waals surface area contributed by atoms with Crippen molar-refractivity contribution in [3.8, 4) is 11.5 Å². The summed E-state index contributed by atoms with van der Waals surface area (Å²) < 4.78 is 10.8. The third-order valence-electron chi connectivity index (χ3n) is 4.36. The van der Waals surface area contributed by atoms with Gasteiger partial charge < -0.3 is 25.0 Å². The molecule has 0 bridgehead atoms. The van der Waals surface area contributed by atoms with E-state index in [0.29, 0.717) is 13.3 Å². The first kappa shape index (κ1) is 18.9. The molecule has 1 aliphatic rings. The summed E-state index contributed by atoms with van der Waals surface area (Å²) in [6.07, 6.45) is 0.947. The van der Waals surface area contributed by atoms with Crippen molar-refractivity contribution in [2.45, 2.75) is 19.9 Å². The third kappa shape index (κ3) is 5.29. The molecular weight excluding hydrogens is 340 g/mol. The number of rotatable bonds is 7. The summed E-state index contributed by atoms with van der Waals surface area (Å²) in [6, 6.07) is 14.6. The molecule has 0 radical (unpaired) electrons. The molecule has 6 nitrogen and oxygen atoms in total. The number of hydrogen-bond acceptors (Lipinski definition) is 4. The van der Waals surface area contributed by atoms with Gasteiger partial charge in [0.25, 0.3) is 0 Å². The minimum absolute atomic E-state index is 0.293. The maximum Gasteiger partial charge on any atom is 0.231 e. The molecule has 0 saturated carbocycles. The van der Waals surface area contributed by atoms with Gasteiger partial charge >= 0.3 is 0 Å². The molecule has 2 aromatic carbocycles. The van der Waals surface area contributed by atoms with E-state index < -0.39 is 0 Å². The average Bonchev–Trinajstić information content (AvgIpc) is 3.14. The highest BCUT2D eigenvalue weighted by Gasteiger charge is 2.12. The minimum Gasteiger partial charge on any atom is -0.454 e. The highest BCUT2D eigenvalue weighted by atomic mass is 16.7.